The smallest absolute Gasteiger partial charge is 0.271 e. The third-order valence-corrected chi connectivity index (χ3v) is 5.68. The van der Waals surface area contributed by atoms with E-state index in [1.807, 2.05) is 30.3 Å². The van der Waals surface area contributed by atoms with Crippen molar-refractivity contribution >= 4 is 22.8 Å². The molecule has 2 N–H and O–H groups in total. The van der Waals surface area contributed by atoms with Gasteiger partial charge < -0.3 is 28.7 Å². The maximum atomic E-state index is 13.2. The zero-order valence-corrected chi connectivity index (χ0v) is 21.4. The Bertz CT molecular complexity index is 1510. The highest BCUT2D eigenvalue weighted by molar-refractivity contribution is 5.98. The molecule has 4 rings (SSSR count). The fourth-order valence-corrected chi connectivity index (χ4v) is 3.78. The number of carbonyl (C=O) groups excluding carboxylic acids is 2. The molecule has 0 saturated heterocycles. The summed E-state index contributed by atoms with van der Waals surface area (Å²) in [6, 6.07) is 19.4. The molecule has 38 heavy (non-hydrogen) atoms. The fourth-order valence-electron chi connectivity index (χ4n) is 3.78. The third-order valence-electron chi connectivity index (χ3n) is 5.68. The molecule has 0 aliphatic carbocycles. The topological polar surface area (TPSA) is 121 Å². The zero-order valence-electron chi connectivity index (χ0n) is 21.4. The number of para-hydroxylation sites is 1. The van der Waals surface area contributed by atoms with Crippen LogP contribution in [0.15, 0.2) is 76.2 Å². The van der Waals surface area contributed by atoms with Crippen molar-refractivity contribution in [1.82, 2.24) is 10.7 Å². The van der Waals surface area contributed by atoms with Crippen LogP contribution < -0.4 is 35.2 Å². The number of amides is 2. The maximum Gasteiger partial charge on any atom is 0.271 e. The summed E-state index contributed by atoms with van der Waals surface area (Å²) in [7, 11) is 5.87. The van der Waals surface area contributed by atoms with Crippen LogP contribution in [0, 0.1) is 0 Å². The number of hydrogen-bond donors (Lipinski definition) is 2. The lowest BCUT2D eigenvalue weighted by atomic mass is 10.1. The summed E-state index contributed by atoms with van der Waals surface area (Å²) in [5.41, 5.74) is 3.96. The minimum absolute atomic E-state index is 0.103. The van der Waals surface area contributed by atoms with Gasteiger partial charge in [0.1, 0.15) is 5.56 Å². The number of fused-ring (bicyclic) bond motifs is 1. The Morgan fingerprint density at radius 3 is 2.11 bits per heavy atom. The van der Waals surface area contributed by atoms with Crippen LogP contribution in [0.2, 0.25) is 0 Å². The lowest BCUT2D eigenvalue weighted by Gasteiger charge is -2.13. The first kappa shape index (κ1) is 26.1. The van der Waals surface area contributed by atoms with E-state index < -0.39 is 11.8 Å². The molecule has 0 aliphatic rings. The SMILES string of the molecule is COc1cc(C(=O)N/N=c2\oc3c(OC)cccc3cc2C(=O)NCc2ccccc2)cc(OC)c1OC. The van der Waals surface area contributed by atoms with Crippen molar-refractivity contribution in [3.63, 3.8) is 0 Å². The Morgan fingerprint density at radius 1 is 0.789 bits per heavy atom. The molecular formula is C28H27N3O7. The van der Waals surface area contributed by atoms with Crippen LogP contribution in [0.4, 0.5) is 0 Å². The second-order valence-electron chi connectivity index (χ2n) is 7.98. The molecular weight excluding hydrogens is 490 g/mol. The van der Waals surface area contributed by atoms with Crippen molar-refractivity contribution < 1.29 is 33.0 Å². The van der Waals surface area contributed by atoms with Gasteiger partial charge in [0.05, 0.1) is 28.4 Å². The molecule has 0 aliphatic heterocycles. The lowest BCUT2D eigenvalue weighted by Crippen LogP contribution is -2.30. The molecule has 10 nitrogen and oxygen atoms in total. The Morgan fingerprint density at radius 2 is 1.47 bits per heavy atom. The Labute approximate surface area is 218 Å². The Balaban J connectivity index is 1.72. The molecule has 0 saturated carbocycles. The molecule has 1 heterocycles. The van der Waals surface area contributed by atoms with Gasteiger partial charge in [0.2, 0.25) is 11.3 Å². The Kier molecular flexibility index (Phi) is 8.12. The summed E-state index contributed by atoms with van der Waals surface area (Å²) in [4.78, 5) is 26.2. The molecule has 1 aromatic heterocycles. The summed E-state index contributed by atoms with van der Waals surface area (Å²) in [6.07, 6.45) is 0. The molecule has 0 unspecified atom stereocenters. The number of carbonyl (C=O) groups is 2. The highest BCUT2D eigenvalue weighted by atomic mass is 16.5. The Hall–Kier alpha value is -4.99. The summed E-state index contributed by atoms with van der Waals surface area (Å²) < 4.78 is 27.3. The third kappa shape index (κ3) is 5.54. The van der Waals surface area contributed by atoms with Crippen molar-refractivity contribution in [2.45, 2.75) is 6.54 Å². The van der Waals surface area contributed by atoms with Crippen LogP contribution in [0.25, 0.3) is 11.0 Å². The monoisotopic (exact) mass is 517 g/mol. The number of rotatable bonds is 9. The van der Waals surface area contributed by atoms with Gasteiger partial charge in [0.15, 0.2) is 22.8 Å². The summed E-state index contributed by atoms with van der Waals surface area (Å²) in [6.45, 7) is 0.299. The number of methoxy groups -OCH3 is 4. The first-order valence-electron chi connectivity index (χ1n) is 11.6. The predicted octanol–water partition coefficient (Wildman–Crippen LogP) is 3.64. The molecule has 0 fully saturated rings. The van der Waals surface area contributed by atoms with E-state index in [-0.39, 0.29) is 16.7 Å². The quantitative estimate of drug-likeness (QED) is 0.325. The minimum Gasteiger partial charge on any atom is -0.493 e. The van der Waals surface area contributed by atoms with Crippen molar-refractivity contribution in [2.75, 3.05) is 28.4 Å². The number of benzene rings is 3. The average molecular weight is 518 g/mol. The fraction of sp³-hybridized carbons (Fsp3) is 0.179. The molecule has 2 amide bonds. The van der Waals surface area contributed by atoms with Gasteiger partial charge >= 0.3 is 0 Å². The van der Waals surface area contributed by atoms with E-state index in [2.05, 4.69) is 15.8 Å². The number of ether oxygens (including phenoxy) is 4. The van der Waals surface area contributed by atoms with Gasteiger partial charge in [0, 0.05) is 17.5 Å². The highest BCUT2D eigenvalue weighted by Crippen LogP contribution is 2.38. The largest absolute Gasteiger partial charge is 0.493 e. The van der Waals surface area contributed by atoms with E-state index >= 15 is 0 Å². The second kappa shape index (κ2) is 11.8. The van der Waals surface area contributed by atoms with Crippen molar-refractivity contribution in [3.8, 4) is 23.0 Å². The van der Waals surface area contributed by atoms with Crippen LogP contribution in [0.3, 0.4) is 0 Å². The van der Waals surface area contributed by atoms with Crippen LogP contribution >= 0.6 is 0 Å². The molecule has 196 valence electrons. The number of hydrogen-bond acceptors (Lipinski definition) is 8. The second-order valence-corrected chi connectivity index (χ2v) is 7.98. The molecule has 0 spiro atoms. The van der Waals surface area contributed by atoms with E-state index in [0.717, 1.165) is 5.56 Å². The molecule has 0 radical (unpaired) electrons. The van der Waals surface area contributed by atoms with Gasteiger partial charge in [-0.05, 0) is 29.8 Å². The van der Waals surface area contributed by atoms with E-state index in [1.54, 1.807) is 24.3 Å². The predicted molar refractivity (Wildman–Crippen MR) is 140 cm³/mol. The summed E-state index contributed by atoms with van der Waals surface area (Å²) in [5.74, 6) is 0.387. The normalized spacial score (nSPS) is 11.1. The summed E-state index contributed by atoms with van der Waals surface area (Å²) in [5, 5.41) is 7.63. The van der Waals surface area contributed by atoms with E-state index in [9.17, 15) is 9.59 Å². The van der Waals surface area contributed by atoms with Crippen LogP contribution in [0.1, 0.15) is 26.3 Å². The van der Waals surface area contributed by atoms with Gasteiger partial charge in [-0.2, -0.15) is 0 Å². The lowest BCUT2D eigenvalue weighted by molar-refractivity contribution is 0.0932. The minimum atomic E-state index is -0.588. The van der Waals surface area contributed by atoms with Crippen LogP contribution in [-0.4, -0.2) is 40.3 Å². The first-order chi connectivity index (χ1) is 18.5. The van der Waals surface area contributed by atoms with Gasteiger partial charge in [-0.25, -0.2) is 5.43 Å². The molecule has 0 atom stereocenters. The van der Waals surface area contributed by atoms with Crippen molar-refractivity contribution in [1.29, 1.82) is 0 Å². The molecule has 4 aromatic rings. The first-order valence-corrected chi connectivity index (χ1v) is 11.6. The number of nitrogens with one attached hydrogen (secondary N) is 2. The van der Waals surface area contributed by atoms with E-state index in [0.29, 0.717) is 40.5 Å². The van der Waals surface area contributed by atoms with Gasteiger partial charge in [-0.3, -0.25) is 9.59 Å². The average Bonchev–Trinajstić information content (AvgIpc) is 2.97. The van der Waals surface area contributed by atoms with Gasteiger partial charge in [0.25, 0.3) is 11.8 Å². The summed E-state index contributed by atoms with van der Waals surface area (Å²) >= 11 is 0. The van der Waals surface area contributed by atoms with Gasteiger partial charge in [-0.1, -0.05) is 42.5 Å². The molecule has 10 heteroatoms. The van der Waals surface area contributed by atoms with Crippen molar-refractivity contribution in [2.24, 2.45) is 5.10 Å². The van der Waals surface area contributed by atoms with Gasteiger partial charge in [-0.15, -0.1) is 5.10 Å². The molecule has 0 bridgehead atoms. The standard InChI is InChI=1S/C28H27N3O7/c1-34-21-12-8-11-18-13-20(27(33)29-16-17-9-6-5-7-10-17)28(38-24(18)21)31-30-26(32)19-14-22(35-2)25(37-4)23(15-19)36-3/h5-15H,16H2,1-4H3,(H,29,33)(H,30,32)/b31-28-. The highest BCUT2D eigenvalue weighted by Gasteiger charge is 2.18. The number of nitrogens with zero attached hydrogens (tertiary/aromatic N) is 1. The van der Waals surface area contributed by atoms with Crippen molar-refractivity contribution in [3.05, 3.63) is 89.0 Å². The maximum absolute atomic E-state index is 13.2. The zero-order chi connectivity index (χ0) is 27.1. The van der Waals surface area contributed by atoms with E-state index in [4.69, 9.17) is 23.4 Å². The van der Waals surface area contributed by atoms with Crippen LogP contribution in [0.5, 0.6) is 23.0 Å². The van der Waals surface area contributed by atoms with E-state index in [1.165, 1.54) is 40.6 Å². The van der Waals surface area contributed by atoms with Crippen LogP contribution in [-0.2, 0) is 6.54 Å². The molecule has 3 aromatic carbocycles.